The molecule has 1 amide bonds. The molecule has 0 bridgehead atoms. The minimum absolute atomic E-state index is 0.301. The summed E-state index contributed by atoms with van der Waals surface area (Å²) in [6.45, 7) is 0.669. The number of nitrogens with zero attached hydrogens (tertiary/aromatic N) is 2. The van der Waals surface area contributed by atoms with Crippen LogP contribution in [0.5, 0.6) is 17.2 Å². The molecule has 0 aliphatic heterocycles. The summed E-state index contributed by atoms with van der Waals surface area (Å²) in [6, 6.07) is 15.0. The minimum atomic E-state index is -0.338. The maximum Gasteiger partial charge on any atom is 0.271 e. The van der Waals surface area contributed by atoms with Crippen molar-refractivity contribution in [3.8, 4) is 17.2 Å². The number of ether oxygens (including phenoxy) is 3. The third-order valence-electron chi connectivity index (χ3n) is 6.13. The molecule has 1 heterocycles. The molecule has 1 aromatic heterocycles. The lowest BCUT2D eigenvalue weighted by Crippen LogP contribution is -2.17. The van der Waals surface area contributed by atoms with Gasteiger partial charge in [0, 0.05) is 18.0 Å². The number of nitrogens with one attached hydrogen (secondary N) is 1. The normalized spacial score (nSPS) is 13.9. The molecule has 8 heteroatoms. The standard InChI is InChI=1S/C28H30ClN3O4/c1-34-26-18-20(19-31-32-28(33)23-11-13-30-14-12-23)17-25(29)27(26)36-16-15-35-24-9-7-22(8-10-24)21-5-3-2-4-6-21/h7-14,17-19,21H,2-6,15-16H2,1H3,(H,32,33). The largest absolute Gasteiger partial charge is 0.493 e. The van der Waals surface area contributed by atoms with E-state index >= 15 is 0 Å². The molecule has 0 unspecified atom stereocenters. The summed E-state index contributed by atoms with van der Waals surface area (Å²) in [4.78, 5) is 16.0. The van der Waals surface area contributed by atoms with Crippen molar-refractivity contribution < 1.29 is 19.0 Å². The van der Waals surface area contributed by atoms with Crippen LogP contribution in [0.2, 0.25) is 5.02 Å². The summed E-state index contributed by atoms with van der Waals surface area (Å²) in [5, 5.41) is 4.36. The second-order valence-electron chi connectivity index (χ2n) is 8.57. The second-order valence-corrected chi connectivity index (χ2v) is 8.98. The Morgan fingerprint density at radius 2 is 1.78 bits per heavy atom. The number of benzene rings is 2. The Bertz CT molecular complexity index is 1160. The molecule has 36 heavy (non-hydrogen) atoms. The monoisotopic (exact) mass is 507 g/mol. The van der Waals surface area contributed by atoms with E-state index in [2.05, 4.69) is 27.6 Å². The van der Waals surface area contributed by atoms with E-state index in [9.17, 15) is 4.79 Å². The first-order chi connectivity index (χ1) is 17.6. The molecule has 0 spiro atoms. The number of amides is 1. The van der Waals surface area contributed by atoms with E-state index in [0.717, 1.165) is 5.75 Å². The fourth-order valence-electron chi connectivity index (χ4n) is 4.26. The van der Waals surface area contributed by atoms with Crippen molar-refractivity contribution in [2.75, 3.05) is 20.3 Å². The molecule has 4 rings (SSSR count). The fourth-order valence-corrected chi connectivity index (χ4v) is 4.54. The van der Waals surface area contributed by atoms with Gasteiger partial charge < -0.3 is 14.2 Å². The number of hydrogen-bond donors (Lipinski definition) is 1. The second kappa shape index (κ2) is 12.9. The van der Waals surface area contributed by atoms with Crippen LogP contribution in [0.4, 0.5) is 0 Å². The number of aromatic nitrogens is 1. The molecule has 1 fully saturated rings. The average Bonchev–Trinajstić information content (AvgIpc) is 2.93. The number of hydrogen-bond acceptors (Lipinski definition) is 6. The van der Waals surface area contributed by atoms with Crippen molar-refractivity contribution >= 4 is 23.7 Å². The third-order valence-corrected chi connectivity index (χ3v) is 6.41. The van der Waals surface area contributed by atoms with E-state index in [0.29, 0.717) is 46.8 Å². The smallest absolute Gasteiger partial charge is 0.271 e. The molecule has 1 N–H and O–H groups in total. The molecular formula is C28H30ClN3O4. The van der Waals surface area contributed by atoms with Gasteiger partial charge in [-0.1, -0.05) is 43.0 Å². The number of carbonyl (C=O) groups is 1. The SMILES string of the molecule is COc1cc(C=NNC(=O)c2ccncc2)cc(Cl)c1OCCOc1ccc(C2CCCCC2)cc1. The Balaban J connectivity index is 1.28. The highest BCUT2D eigenvalue weighted by molar-refractivity contribution is 6.32. The molecule has 2 aromatic carbocycles. The van der Waals surface area contributed by atoms with Crippen molar-refractivity contribution in [1.29, 1.82) is 0 Å². The summed E-state index contributed by atoms with van der Waals surface area (Å²) in [7, 11) is 1.54. The van der Waals surface area contributed by atoms with Gasteiger partial charge in [-0.15, -0.1) is 0 Å². The summed E-state index contributed by atoms with van der Waals surface area (Å²) < 4.78 is 17.1. The predicted molar refractivity (Wildman–Crippen MR) is 141 cm³/mol. The zero-order valence-electron chi connectivity index (χ0n) is 20.3. The van der Waals surface area contributed by atoms with Crippen LogP contribution in [0.25, 0.3) is 0 Å². The maximum atomic E-state index is 12.1. The molecular weight excluding hydrogens is 478 g/mol. The van der Waals surface area contributed by atoms with Crippen molar-refractivity contribution in [1.82, 2.24) is 10.4 Å². The summed E-state index contributed by atoms with van der Waals surface area (Å²) in [5.41, 5.74) is 4.98. The molecule has 1 saturated carbocycles. The van der Waals surface area contributed by atoms with E-state index < -0.39 is 0 Å². The van der Waals surface area contributed by atoms with Gasteiger partial charge in [0.15, 0.2) is 11.5 Å². The highest BCUT2D eigenvalue weighted by atomic mass is 35.5. The van der Waals surface area contributed by atoms with Gasteiger partial charge in [-0.05, 0) is 66.3 Å². The molecule has 1 aliphatic rings. The van der Waals surface area contributed by atoms with Crippen LogP contribution < -0.4 is 19.6 Å². The van der Waals surface area contributed by atoms with Crippen LogP contribution in [0.1, 0.15) is 59.5 Å². The number of hydrazone groups is 1. The van der Waals surface area contributed by atoms with Crippen LogP contribution in [-0.4, -0.2) is 37.4 Å². The Labute approximate surface area is 216 Å². The molecule has 188 valence electrons. The van der Waals surface area contributed by atoms with Crippen molar-refractivity contribution in [3.05, 3.63) is 82.6 Å². The van der Waals surface area contributed by atoms with Gasteiger partial charge in [-0.2, -0.15) is 5.10 Å². The van der Waals surface area contributed by atoms with E-state index in [4.69, 9.17) is 25.8 Å². The topological polar surface area (TPSA) is 82.0 Å². The quantitative estimate of drug-likeness (QED) is 0.206. The van der Waals surface area contributed by atoms with Gasteiger partial charge in [-0.3, -0.25) is 9.78 Å². The maximum absolute atomic E-state index is 12.1. The van der Waals surface area contributed by atoms with E-state index in [-0.39, 0.29) is 5.91 Å². The van der Waals surface area contributed by atoms with Crippen LogP contribution in [0.15, 0.2) is 66.0 Å². The average molecular weight is 508 g/mol. The Kier molecular flexibility index (Phi) is 9.16. The van der Waals surface area contributed by atoms with Gasteiger partial charge in [0.1, 0.15) is 19.0 Å². The first-order valence-electron chi connectivity index (χ1n) is 12.1. The van der Waals surface area contributed by atoms with Crippen molar-refractivity contribution in [3.63, 3.8) is 0 Å². The van der Waals surface area contributed by atoms with Crippen molar-refractivity contribution in [2.45, 2.75) is 38.0 Å². The minimum Gasteiger partial charge on any atom is -0.493 e. The summed E-state index contributed by atoms with van der Waals surface area (Å²) in [5.74, 6) is 2.04. The van der Waals surface area contributed by atoms with E-state index in [1.807, 2.05) is 12.1 Å². The number of carbonyl (C=O) groups excluding carboxylic acids is 1. The predicted octanol–water partition coefficient (Wildman–Crippen LogP) is 6.01. The Hall–Kier alpha value is -3.58. The molecule has 0 radical (unpaired) electrons. The van der Waals surface area contributed by atoms with Gasteiger partial charge in [0.05, 0.1) is 18.3 Å². The number of methoxy groups -OCH3 is 1. The summed E-state index contributed by atoms with van der Waals surface area (Å²) in [6.07, 6.45) is 11.1. The highest BCUT2D eigenvalue weighted by Crippen LogP contribution is 2.36. The number of halogens is 1. The highest BCUT2D eigenvalue weighted by Gasteiger charge is 2.15. The molecule has 0 saturated heterocycles. The van der Waals surface area contributed by atoms with E-state index in [1.165, 1.54) is 51.0 Å². The zero-order valence-corrected chi connectivity index (χ0v) is 21.0. The van der Waals surface area contributed by atoms with Crippen LogP contribution in [-0.2, 0) is 0 Å². The first kappa shape index (κ1) is 25.5. The summed E-state index contributed by atoms with van der Waals surface area (Å²) >= 11 is 6.44. The van der Waals surface area contributed by atoms with Crippen LogP contribution in [0.3, 0.4) is 0 Å². The lowest BCUT2D eigenvalue weighted by atomic mass is 9.84. The Morgan fingerprint density at radius 1 is 1.06 bits per heavy atom. The third kappa shape index (κ3) is 6.98. The van der Waals surface area contributed by atoms with Crippen LogP contribution >= 0.6 is 11.6 Å². The lowest BCUT2D eigenvalue weighted by molar-refractivity contribution is 0.0955. The van der Waals surface area contributed by atoms with Gasteiger partial charge in [-0.25, -0.2) is 5.43 Å². The van der Waals surface area contributed by atoms with Gasteiger partial charge in [0.25, 0.3) is 5.91 Å². The first-order valence-corrected chi connectivity index (χ1v) is 12.5. The number of rotatable bonds is 10. The Morgan fingerprint density at radius 3 is 2.50 bits per heavy atom. The molecule has 0 atom stereocenters. The number of pyridine rings is 1. The fraction of sp³-hybridized carbons (Fsp3) is 0.321. The molecule has 1 aliphatic carbocycles. The van der Waals surface area contributed by atoms with E-state index in [1.54, 1.807) is 36.7 Å². The van der Waals surface area contributed by atoms with Gasteiger partial charge >= 0.3 is 0 Å². The van der Waals surface area contributed by atoms with Crippen LogP contribution in [0, 0.1) is 0 Å². The molecule has 3 aromatic rings. The zero-order chi connectivity index (χ0) is 25.2. The van der Waals surface area contributed by atoms with Gasteiger partial charge in [0.2, 0.25) is 0 Å². The molecule has 7 nitrogen and oxygen atoms in total. The lowest BCUT2D eigenvalue weighted by Gasteiger charge is -2.22. The van der Waals surface area contributed by atoms with Crippen molar-refractivity contribution in [2.24, 2.45) is 5.10 Å².